The van der Waals surface area contributed by atoms with Crippen molar-refractivity contribution in [1.82, 2.24) is 14.8 Å². The van der Waals surface area contributed by atoms with Gasteiger partial charge in [0.15, 0.2) is 0 Å². The highest BCUT2D eigenvalue weighted by Gasteiger charge is 2.19. The summed E-state index contributed by atoms with van der Waals surface area (Å²) in [5.74, 6) is 0.378. The number of aromatic nitrogens is 1. The normalized spacial score (nSPS) is 20.2. The average Bonchev–Trinajstić information content (AvgIpc) is 2.67. The lowest BCUT2D eigenvalue weighted by atomic mass is 10.0. The minimum atomic E-state index is 0.378. The maximum atomic E-state index is 10.8. The average molecular weight is 339 g/mol. The van der Waals surface area contributed by atoms with E-state index in [-0.39, 0.29) is 0 Å². The van der Waals surface area contributed by atoms with Gasteiger partial charge in [-0.25, -0.2) is 0 Å². The number of hydrogen-bond donors (Lipinski definition) is 1. The summed E-state index contributed by atoms with van der Waals surface area (Å²) in [5, 5.41) is 12.9. The smallest absolute Gasteiger partial charge is 0.146 e. The summed E-state index contributed by atoms with van der Waals surface area (Å²) < 4.78 is 0. The van der Waals surface area contributed by atoms with Gasteiger partial charge in [-0.1, -0.05) is 37.1 Å². The molecule has 134 valence electrons. The summed E-state index contributed by atoms with van der Waals surface area (Å²) in [4.78, 5) is 9.90. The minimum absolute atomic E-state index is 0.378. The fourth-order valence-electron chi connectivity index (χ4n) is 4.26. The van der Waals surface area contributed by atoms with Gasteiger partial charge in [-0.2, -0.15) is 0 Å². The molecule has 0 spiro atoms. The van der Waals surface area contributed by atoms with Crippen molar-refractivity contribution in [3.63, 3.8) is 0 Å². The van der Waals surface area contributed by atoms with Crippen LogP contribution < -0.4 is 0 Å². The highest BCUT2D eigenvalue weighted by Crippen LogP contribution is 2.31. The second-order valence-corrected chi connectivity index (χ2v) is 7.57. The zero-order valence-corrected chi connectivity index (χ0v) is 15.1. The van der Waals surface area contributed by atoms with Gasteiger partial charge in [-0.3, -0.25) is 14.8 Å². The predicted molar refractivity (Wildman–Crippen MR) is 102 cm³/mol. The molecule has 0 saturated carbocycles. The van der Waals surface area contributed by atoms with Crippen LogP contribution in [0, 0.1) is 0 Å². The molecular weight excluding hydrogens is 310 g/mol. The van der Waals surface area contributed by atoms with Crippen LogP contribution >= 0.6 is 0 Å². The number of hydrogen-bond acceptors (Lipinski definition) is 4. The van der Waals surface area contributed by atoms with E-state index in [0.717, 1.165) is 48.3 Å². The van der Waals surface area contributed by atoms with Crippen molar-refractivity contribution in [3.05, 3.63) is 35.7 Å². The molecule has 0 atom stereocenters. The maximum Gasteiger partial charge on any atom is 0.146 e. The summed E-state index contributed by atoms with van der Waals surface area (Å²) >= 11 is 0. The Hall–Kier alpha value is -1.65. The quantitative estimate of drug-likeness (QED) is 0.917. The lowest BCUT2D eigenvalue weighted by Gasteiger charge is -2.28. The summed E-state index contributed by atoms with van der Waals surface area (Å²) in [5.41, 5.74) is 1.98. The highest BCUT2D eigenvalue weighted by atomic mass is 16.3. The summed E-state index contributed by atoms with van der Waals surface area (Å²) in [7, 11) is 0. The van der Waals surface area contributed by atoms with E-state index < -0.39 is 0 Å². The standard InChI is InChI=1S/C21H29N3O/c25-21-18-10-4-3-9-17(18)19(15-23-11-5-1-6-12-23)22-20(21)16-24-13-7-2-8-14-24/h3-4,9-10,25H,1-2,5-8,11-16H2. The highest BCUT2D eigenvalue weighted by molar-refractivity contribution is 5.90. The van der Waals surface area contributed by atoms with E-state index in [2.05, 4.69) is 15.9 Å². The van der Waals surface area contributed by atoms with E-state index in [1.54, 1.807) is 0 Å². The SMILES string of the molecule is Oc1c(CN2CCCCC2)nc(CN2CCCCC2)c2ccccc12. The summed E-state index contributed by atoms with van der Waals surface area (Å²) in [6.45, 7) is 6.24. The molecule has 0 aliphatic carbocycles. The van der Waals surface area contributed by atoms with E-state index in [9.17, 15) is 5.11 Å². The van der Waals surface area contributed by atoms with Crippen LogP contribution in [0.5, 0.6) is 5.75 Å². The van der Waals surface area contributed by atoms with Crippen LogP contribution in [-0.4, -0.2) is 46.1 Å². The number of rotatable bonds is 4. The first-order valence-corrected chi connectivity index (χ1v) is 9.85. The van der Waals surface area contributed by atoms with Crippen LogP contribution in [0.1, 0.15) is 49.9 Å². The van der Waals surface area contributed by atoms with Gasteiger partial charge in [-0.05, 0) is 51.9 Å². The fraction of sp³-hybridized carbons (Fsp3) is 0.571. The van der Waals surface area contributed by atoms with Gasteiger partial charge in [0.25, 0.3) is 0 Å². The van der Waals surface area contributed by atoms with Crippen molar-refractivity contribution in [2.24, 2.45) is 0 Å². The van der Waals surface area contributed by atoms with Gasteiger partial charge in [0.2, 0.25) is 0 Å². The Kier molecular flexibility index (Phi) is 5.18. The van der Waals surface area contributed by atoms with Crippen molar-refractivity contribution >= 4 is 10.8 Å². The van der Waals surface area contributed by atoms with E-state index in [1.165, 1.54) is 51.6 Å². The van der Waals surface area contributed by atoms with Crippen molar-refractivity contribution in [3.8, 4) is 5.75 Å². The number of likely N-dealkylation sites (tertiary alicyclic amines) is 2. The van der Waals surface area contributed by atoms with Crippen LogP contribution in [0.4, 0.5) is 0 Å². The topological polar surface area (TPSA) is 39.6 Å². The molecule has 4 rings (SSSR count). The molecule has 4 heteroatoms. The third-order valence-corrected chi connectivity index (χ3v) is 5.68. The molecule has 2 aromatic rings. The molecule has 4 nitrogen and oxygen atoms in total. The number of benzene rings is 1. The molecule has 1 aromatic heterocycles. The largest absolute Gasteiger partial charge is 0.505 e. The van der Waals surface area contributed by atoms with Crippen molar-refractivity contribution in [2.75, 3.05) is 26.2 Å². The first-order chi connectivity index (χ1) is 12.3. The Bertz CT molecular complexity index is 718. The first kappa shape index (κ1) is 16.8. The van der Waals surface area contributed by atoms with Gasteiger partial charge in [0.1, 0.15) is 5.75 Å². The molecule has 2 fully saturated rings. The monoisotopic (exact) mass is 339 g/mol. The lowest BCUT2D eigenvalue weighted by molar-refractivity contribution is 0.211. The van der Waals surface area contributed by atoms with Crippen LogP contribution in [0.3, 0.4) is 0 Å². The Labute approximate surface area is 150 Å². The molecular formula is C21H29N3O. The van der Waals surface area contributed by atoms with Gasteiger partial charge < -0.3 is 5.11 Å². The van der Waals surface area contributed by atoms with E-state index in [0.29, 0.717) is 5.75 Å². The van der Waals surface area contributed by atoms with E-state index >= 15 is 0 Å². The van der Waals surface area contributed by atoms with Gasteiger partial charge >= 0.3 is 0 Å². The predicted octanol–water partition coefficient (Wildman–Crippen LogP) is 3.91. The Morgan fingerprint density at radius 1 is 0.720 bits per heavy atom. The van der Waals surface area contributed by atoms with Crippen LogP contribution in [0.2, 0.25) is 0 Å². The third-order valence-electron chi connectivity index (χ3n) is 5.68. The van der Waals surface area contributed by atoms with Gasteiger partial charge in [0, 0.05) is 23.9 Å². The summed E-state index contributed by atoms with van der Waals surface area (Å²) in [6, 6.07) is 8.20. The van der Waals surface area contributed by atoms with Crippen LogP contribution in [0.25, 0.3) is 10.8 Å². The maximum absolute atomic E-state index is 10.8. The Balaban J connectivity index is 1.66. The lowest BCUT2D eigenvalue weighted by Crippen LogP contribution is -2.31. The Morgan fingerprint density at radius 2 is 1.24 bits per heavy atom. The molecule has 2 saturated heterocycles. The number of aromatic hydroxyl groups is 1. The fourth-order valence-corrected chi connectivity index (χ4v) is 4.26. The number of pyridine rings is 1. The van der Waals surface area contributed by atoms with E-state index in [1.807, 2.05) is 18.2 Å². The first-order valence-electron chi connectivity index (χ1n) is 9.85. The second kappa shape index (κ2) is 7.71. The number of piperidine rings is 2. The molecule has 0 unspecified atom stereocenters. The zero-order valence-electron chi connectivity index (χ0n) is 15.1. The van der Waals surface area contributed by atoms with Crippen LogP contribution in [0.15, 0.2) is 24.3 Å². The molecule has 1 N–H and O–H groups in total. The molecule has 0 bridgehead atoms. The molecule has 2 aliphatic rings. The molecule has 25 heavy (non-hydrogen) atoms. The molecule has 3 heterocycles. The second-order valence-electron chi connectivity index (χ2n) is 7.57. The number of nitrogens with zero attached hydrogens (tertiary/aromatic N) is 3. The van der Waals surface area contributed by atoms with Crippen molar-refractivity contribution in [2.45, 2.75) is 51.6 Å². The third kappa shape index (κ3) is 3.80. The molecule has 0 amide bonds. The minimum Gasteiger partial charge on any atom is -0.505 e. The van der Waals surface area contributed by atoms with E-state index in [4.69, 9.17) is 4.98 Å². The van der Waals surface area contributed by atoms with Crippen LogP contribution in [-0.2, 0) is 13.1 Å². The Morgan fingerprint density at radius 3 is 1.84 bits per heavy atom. The summed E-state index contributed by atoms with van der Waals surface area (Å²) in [6.07, 6.45) is 7.77. The zero-order chi connectivity index (χ0) is 17.1. The van der Waals surface area contributed by atoms with Crippen molar-refractivity contribution in [1.29, 1.82) is 0 Å². The molecule has 2 aliphatic heterocycles. The molecule has 1 aromatic carbocycles. The van der Waals surface area contributed by atoms with Gasteiger partial charge in [0.05, 0.1) is 11.4 Å². The van der Waals surface area contributed by atoms with Crippen molar-refractivity contribution < 1.29 is 5.11 Å². The number of fused-ring (bicyclic) bond motifs is 1. The van der Waals surface area contributed by atoms with Gasteiger partial charge in [-0.15, -0.1) is 0 Å². The molecule has 0 radical (unpaired) electrons.